The monoisotopic (exact) mass is 289 g/mol. The van der Waals surface area contributed by atoms with Crippen molar-refractivity contribution in [2.45, 2.75) is 12.0 Å². The van der Waals surface area contributed by atoms with E-state index in [0.717, 1.165) is 5.56 Å². The van der Waals surface area contributed by atoms with E-state index in [4.69, 9.17) is 5.73 Å². The maximum absolute atomic E-state index is 12.3. The molecule has 1 saturated heterocycles. The van der Waals surface area contributed by atoms with E-state index in [1.807, 2.05) is 30.3 Å². The molecule has 0 radical (unpaired) electrons. The van der Waals surface area contributed by atoms with Crippen LogP contribution in [0.3, 0.4) is 0 Å². The van der Waals surface area contributed by atoms with Gasteiger partial charge in [0.1, 0.15) is 10.5 Å². The molecule has 1 aliphatic heterocycles. The Balaban J connectivity index is 1.78. The number of β-amino-alcohol motifs (C(OH)–C–C–N with tert-alkyl or cyclic N) is 1. The Kier molecular flexibility index (Phi) is 3.19. The number of benzene rings is 1. The number of amides is 1. The highest BCUT2D eigenvalue weighted by molar-refractivity contribution is 7.17. The van der Waals surface area contributed by atoms with Gasteiger partial charge in [-0.15, -0.1) is 0 Å². The molecule has 2 aromatic rings. The fraction of sp³-hybridized carbons (Fsp3) is 0.286. The van der Waals surface area contributed by atoms with Gasteiger partial charge in [0.05, 0.1) is 12.7 Å². The topological polar surface area (TPSA) is 79.5 Å². The molecule has 5 nitrogen and oxygen atoms in total. The number of carbonyl (C=O) groups excluding carboxylic acids is 1. The zero-order valence-electron chi connectivity index (χ0n) is 10.8. The van der Waals surface area contributed by atoms with Crippen molar-refractivity contribution in [1.29, 1.82) is 0 Å². The van der Waals surface area contributed by atoms with Gasteiger partial charge in [-0.3, -0.25) is 4.79 Å². The Labute approximate surface area is 120 Å². The Morgan fingerprint density at radius 3 is 2.80 bits per heavy atom. The lowest BCUT2D eigenvalue weighted by Gasteiger charge is -2.23. The van der Waals surface area contributed by atoms with Crippen LogP contribution in [0.5, 0.6) is 0 Å². The third kappa shape index (κ3) is 2.28. The Morgan fingerprint density at radius 1 is 1.40 bits per heavy atom. The number of rotatable bonds is 2. The molecule has 1 atom stereocenters. The molecule has 6 heteroatoms. The highest BCUT2D eigenvalue weighted by atomic mass is 32.1. The van der Waals surface area contributed by atoms with E-state index in [0.29, 0.717) is 29.5 Å². The minimum absolute atomic E-state index is 0.119. The Hall–Kier alpha value is -1.92. The SMILES string of the molecule is Nc1ncc(C(=O)N2CCC(O)(c3ccccc3)C2)s1. The Morgan fingerprint density at radius 2 is 2.15 bits per heavy atom. The largest absolute Gasteiger partial charge is 0.383 e. The lowest BCUT2D eigenvalue weighted by Crippen LogP contribution is -2.34. The molecule has 104 valence electrons. The van der Waals surface area contributed by atoms with Crippen LogP contribution in [0.4, 0.5) is 5.13 Å². The zero-order chi connectivity index (χ0) is 14.2. The van der Waals surface area contributed by atoms with E-state index in [1.165, 1.54) is 17.5 Å². The van der Waals surface area contributed by atoms with Crippen molar-refractivity contribution in [2.75, 3.05) is 18.8 Å². The first-order valence-corrected chi connectivity index (χ1v) is 7.19. The molecule has 1 unspecified atom stereocenters. The predicted octanol–water partition coefficient (Wildman–Crippen LogP) is 1.46. The van der Waals surface area contributed by atoms with Crippen molar-refractivity contribution < 1.29 is 9.90 Å². The van der Waals surface area contributed by atoms with E-state index < -0.39 is 5.60 Å². The molecule has 1 aromatic heterocycles. The van der Waals surface area contributed by atoms with Crippen LogP contribution >= 0.6 is 11.3 Å². The van der Waals surface area contributed by atoms with E-state index in [9.17, 15) is 9.90 Å². The minimum Gasteiger partial charge on any atom is -0.383 e. The van der Waals surface area contributed by atoms with E-state index in [-0.39, 0.29) is 5.91 Å². The fourth-order valence-corrected chi connectivity index (χ4v) is 3.15. The molecule has 0 saturated carbocycles. The van der Waals surface area contributed by atoms with Gasteiger partial charge >= 0.3 is 0 Å². The van der Waals surface area contributed by atoms with Crippen LogP contribution < -0.4 is 5.73 Å². The number of hydrogen-bond acceptors (Lipinski definition) is 5. The average molecular weight is 289 g/mol. The van der Waals surface area contributed by atoms with Crippen LogP contribution in [-0.2, 0) is 5.60 Å². The Bertz CT molecular complexity index is 628. The summed E-state index contributed by atoms with van der Waals surface area (Å²) in [5, 5.41) is 11.1. The average Bonchev–Trinajstić information content (AvgIpc) is 3.07. The van der Waals surface area contributed by atoms with Gasteiger partial charge in [-0.2, -0.15) is 0 Å². The molecule has 1 amide bonds. The van der Waals surface area contributed by atoms with Gasteiger partial charge in [0.2, 0.25) is 0 Å². The quantitative estimate of drug-likeness (QED) is 0.877. The molecule has 3 N–H and O–H groups in total. The van der Waals surface area contributed by atoms with Gasteiger partial charge in [0, 0.05) is 6.54 Å². The maximum Gasteiger partial charge on any atom is 0.265 e. The molecule has 3 rings (SSSR count). The van der Waals surface area contributed by atoms with Crippen molar-refractivity contribution in [3.8, 4) is 0 Å². The van der Waals surface area contributed by atoms with Gasteiger partial charge in [0.15, 0.2) is 5.13 Å². The zero-order valence-corrected chi connectivity index (χ0v) is 11.6. The van der Waals surface area contributed by atoms with Crippen LogP contribution in [0, 0.1) is 0 Å². The third-order valence-corrected chi connectivity index (χ3v) is 4.39. The standard InChI is InChI=1S/C14H15N3O2S/c15-13-16-8-11(20-13)12(18)17-7-6-14(19,9-17)10-4-2-1-3-5-10/h1-5,8,19H,6-7,9H2,(H2,15,16). The molecule has 1 aromatic carbocycles. The lowest BCUT2D eigenvalue weighted by atomic mass is 9.93. The first-order valence-electron chi connectivity index (χ1n) is 6.37. The molecule has 1 aliphatic rings. The predicted molar refractivity (Wildman–Crippen MR) is 77.4 cm³/mol. The number of likely N-dealkylation sites (tertiary alicyclic amines) is 1. The molecule has 0 spiro atoms. The number of aliphatic hydroxyl groups is 1. The summed E-state index contributed by atoms with van der Waals surface area (Å²) in [5.41, 5.74) is 5.43. The van der Waals surface area contributed by atoms with Gasteiger partial charge in [-0.05, 0) is 12.0 Å². The van der Waals surface area contributed by atoms with E-state index >= 15 is 0 Å². The normalized spacial score (nSPS) is 22.1. The summed E-state index contributed by atoms with van der Waals surface area (Å²) in [5.74, 6) is -0.119. The number of anilines is 1. The number of nitrogens with two attached hydrogens (primary N) is 1. The van der Waals surface area contributed by atoms with Crippen LogP contribution in [0.15, 0.2) is 36.5 Å². The lowest BCUT2D eigenvalue weighted by molar-refractivity contribution is 0.0419. The molecule has 20 heavy (non-hydrogen) atoms. The summed E-state index contributed by atoms with van der Waals surface area (Å²) >= 11 is 1.17. The number of carbonyl (C=O) groups is 1. The van der Waals surface area contributed by atoms with E-state index in [1.54, 1.807) is 4.90 Å². The third-order valence-electron chi connectivity index (χ3n) is 3.58. The van der Waals surface area contributed by atoms with Crippen LogP contribution in [0.1, 0.15) is 21.7 Å². The molecule has 2 heterocycles. The van der Waals surface area contributed by atoms with Crippen molar-refractivity contribution >= 4 is 22.4 Å². The number of nitrogens with zero attached hydrogens (tertiary/aromatic N) is 2. The maximum atomic E-state index is 12.3. The van der Waals surface area contributed by atoms with Gasteiger partial charge in [-0.1, -0.05) is 41.7 Å². The molecule has 0 bridgehead atoms. The fourth-order valence-electron chi connectivity index (χ4n) is 2.49. The smallest absolute Gasteiger partial charge is 0.265 e. The molecule has 1 fully saturated rings. The second kappa shape index (κ2) is 4.88. The van der Waals surface area contributed by atoms with Crippen molar-refractivity contribution in [2.24, 2.45) is 0 Å². The number of aromatic nitrogens is 1. The summed E-state index contributed by atoms with van der Waals surface area (Å²) in [6, 6.07) is 9.46. The minimum atomic E-state index is -0.965. The summed E-state index contributed by atoms with van der Waals surface area (Å²) in [4.78, 5) is 18.4. The highest BCUT2D eigenvalue weighted by Crippen LogP contribution is 2.33. The summed E-state index contributed by atoms with van der Waals surface area (Å²) in [6.45, 7) is 0.829. The summed E-state index contributed by atoms with van der Waals surface area (Å²) < 4.78 is 0. The highest BCUT2D eigenvalue weighted by Gasteiger charge is 2.40. The van der Waals surface area contributed by atoms with Crippen LogP contribution in [-0.4, -0.2) is 34.0 Å². The van der Waals surface area contributed by atoms with Crippen molar-refractivity contribution in [1.82, 2.24) is 9.88 Å². The number of thiazole rings is 1. The van der Waals surface area contributed by atoms with Crippen molar-refractivity contribution in [3.05, 3.63) is 47.0 Å². The first kappa shape index (κ1) is 13.1. The molecular weight excluding hydrogens is 274 g/mol. The summed E-state index contributed by atoms with van der Waals surface area (Å²) in [6.07, 6.45) is 2.03. The first-order chi connectivity index (χ1) is 9.58. The summed E-state index contributed by atoms with van der Waals surface area (Å²) in [7, 11) is 0. The molecule has 0 aliphatic carbocycles. The van der Waals surface area contributed by atoms with Gasteiger partial charge in [-0.25, -0.2) is 4.98 Å². The van der Waals surface area contributed by atoms with Crippen molar-refractivity contribution in [3.63, 3.8) is 0 Å². The van der Waals surface area contributed by atoms with Crippen LogP contribution in [0.2, 0.25) is 0 Å². The van der Waals surface area contributed by atoms with Crippen LogP contribution in [0.25, 0.3) is 0 Å². The second-order valence-corrected chi connectivity index (χ2v) is 6.00. The molecular formula is C14H15N3O2S. The van der Waals surface area contributed by atoms with Gasteiger partial charge in [0.25, 0.3) is 5.91 Å². The van der Waals surface area contributed by atoms with Gasteiger partial charge < -0.3 is 15.7 Å². The number of hydrogen-bond donors (Lipinski definition) is 2. The second-order valence-electron chi connectivity index (χ2n) is 4.94. The number of nitrogen functional groups attached to an aromatic ring is 1. The van der Waals surface area contributed by atoms with E-state index in [2.05, 4.69) is 4.98 Å².